The summed E-state index contributed by atoms with van der Waals surface area (Å²) in [6, 6.07) is 20.5. The molecule has 3 rings (SSSR count). The van der Waals surface area contributed by atoms with Gasteiger partial charge >= 0.3 is 0 Å². The zero-order valence-corrected chi connectivity index (χ0v) is 11.4. The van der Waals surface area contributed by atoms with Gasteiger partial charge in [0.25, 0.3) is 0 Å². The van der Waals surface area contributed by atoms with E-state index in [9.17, 15) is 0 Å². The number of para-hydroxylation sites is 1. The first-order valence-corrected chi connectivity index (χ1v) is 7.05. The van der Waals surface area contributed by atoms with Crippen LogP contribution < -0.4 is 5.32 Å². The third-order valence-corrected chi connectivity index (χ3v) is 3.36. The minimum atomic E-state index is 0.987. The smallest absolute Gasteiger partial charge is 0.0726 e. The molecule has 1 N–H and O–H groups in total. The fourth-order valence-electron chi connectivity index (χ4n) is 2.34. The van der Waals surface area contributed by atoms with Crippen LogP contribution in [0.5, 0.6) is 0 Å². The minimum Gasteiger partial charge on any atom is -0.388 e. The van der Waals surface area contributed by atoms with Crippen molar-refractivity contribution in [1.82, 2.24) is 5.32 Å². The van der Waals surface area contributed by atoms with E-state index >= 15 is 0 Å². The number of aliphatic imine (C=N–C) groups is 1. The van der Waals surface area contributed by atoms with Gasteiger partial charge in [-0.1, -0.05) is 48.5 Å². The van der Waals surface area contributed by atoms with E-state index in [4.69, 9.17) is 4.99 Å². The van der Waals surface area contributed by atoms with Gasteiger partial charge in [0.05, 0.1) is 11.4 Å². The van der Waals surface area contributed by atoms with Gasteiger partial charge in [0.15, 0.2) is 0 Å². The summed E-state index contributed by atoms with van der Waals surface area (Å²) in [6.07, 6.45) is 4.50. The van der Waals surface area contributed by atoms with Crippen LogP contribution in [0.1, 0.15) is 18.4 Å². The number of hydrogen-bond donors (Lipinski definition) is 1. The molecule has 1 fully saturated rings. The van der Waals surface area contributed by atoms with Crippen LogP contribution in [0, 0.1) is 0 Å². The van der Waals surface area contributed by atoms with E-state index in [-0.39, 0.29) is 0 Å². The number of allylic oxidation sites excluding steroid dienone is 2. The van der Waals surface area contributed by atoms with Crippen molar-refractivity contribution < 1.29 is 0 Å². The second-order valence-corrected chi connectivity index (χ2v) is 4.90. The summed E-state index contributed by atoms with van der Waals surface area (Å²) in [6.45, 7) is 1.07. The number of nitrogens with one attached hydrogen (secondary N) is 1. The van der Waals surface area contributed by atoms with E-state index in [1.165, 1.54) is 12.1 Å². The van der Waals surface area contributed by atoms with Gasteiger partial charge in [-0.25, -0.2) is 4.99 Å². The number of hydrogen-bond acceptors (Lipinski definition) is 2. The molecule has 0 unspecified atom stereocenters. The van der Waals surface area contributed by atoms with E-state index in [0.717, 1.165) is 29.9 Å². The molecule has 2 aromatic carbocycles. The van der Waals surface area contributed by atoms with Crippen LogP contribution in [-0.4, -0.2) is 12.3 Å². The summed E-state index contributed by atoms with van der Waals surface area (Å²) in [4.78, 5) is 4.79. The summed E-state index contributed by atoms with van der Waals surface area (Å²) in [7, 11) is 0. The van der Waals surface area contributed by atoms with E-state index in [1.807, 2.05) is 36.4 Å². The van der Waals surface area contributed by atoms with Crippen LogP contribution in [0.3, 0.4) is 0 Å². The van der Waals surface area contributed by atoms with Crippen LogP contribution >= 0.6 is 0 Å². The molecule has 1 heterocycles. The quantitative estimate of drug-likeness (QED) is 0.828. The number of nitrogens with zero attached hydrogens (tertiary/aromatic N) is 1. The van der Waals surface area contributed by atoms with Gasteiger partial charge in [-0.05, 0) is 31.1 Å². The fraction of sp³-hybridized carbons (Fsp3) is 0.167. The Hall–Kier alpha value is -2.35. The van der Waals surface area contributed by atoms with Gasteiger partial charge in [-0.15, -0.1) is 0 Å². The zero-order valence-electron chi connectivity index (χ0n) is 11.4. The van der Waals surface area contributed by atoms with E-state index in [2.05, 4.69) is 35.7 Å². The zero-order chi connectivity index (χ0) is 13.6. The van der Waals surface area contributed by atoms with Crippen LogP contribution in [0.15, 0.2) is 77.4 Å². The Labute approximate surface area is 119 Å². The monoisotopic (exact) mass is 262 g/mol. The molecular formula is C18H18N2. The Morgan fingerprint density at radius 2 is 1.65 bits per heavy atom. The Morgan fingerprint density at radius 1 is 0.950 bits per heavy atom. The molecule has 0 aromatic heterocycles. The fourth-order valence-corrected chi connectivity index (χ4v) is 2.34. The first kappa shape index (κ1) is 12.7. The van der Waals surface area contributed by atoms with Gasteiger partial charge < -0.3 is 5.32 Å². The topological polar surface area (TPSA) is 24.4 Å². The SMILES string of the molecule is C(=C1CCCN1)C(=Nc1ccccc1)c1ccccc1. The molecule has 100 valence electrons. The second-order valence-electron chi connectivity index (χ2n) is 4.90. The maximum Gasteiger partial charge on any atom is 0.0726 e. The van der Waals surface area contributed by atoms with Crippen LogP contribution in [-0.2, 0) is 0 Å². The number of benzene rings is 2. The summed E-state index contributed by atoms with van der Waals surface area (Å²) in [5, 5.41) is 3.42. The third-order valence-electron chi connectivity index (χ3n) is 3.36. The predicted molar refractivity (Wildman–Crippen MR) is 84.4 cm³/mol. The van der Waals surface area contributed by atoms with Crippen molar-refractivity contribution in [3.05, 3.63) is 78.0 Å². The van der Waals surface area contributed by atoms with Crippen LogP contribution in [0.2, 0.25) is 0 Å². The first-order valence-electron chi connectivity index (χ1n) is 7.05. The third kappa shape index (κ3) is 3.15. The minimum absolute atomic E-state index is 0.987. The van der Waals surface area contributed by atoms with Gasteiger partial charge in [0, 0.05) is 17.8 Å². The van der Waals surface area contributed by atoms with Crippen molar-refractivity contribution in [2.75, 3.05) is 6.54 Å². The summed E-state index contributed by atoms with van der Waals surface area (Å²) >= 11 is 0. The highest BCUT2D eigenvalue weighted by molar-refractivity contribution is 6.10. The highest BCUT2D eigenvalue weighted by atomic mass is 14.9. The largest absolute Gasteiger partial charge is 0.388 e. The Morgan fingerprint density at radius 3 is 2.30 bits per heavy atom. The highest BCUT2D eigenvalue weighted by Crippen LogP contribution is 2.16. The Bertz CT molecular complexity index is 604. The predicted octanol–water partition coefficient (Wildman–Crippen LogP) is 4.07. The molecule has 0 radical (unpaired) electrons. The lowest BCUT2D eigenvalue weighted by Gasteiger charge is -2.05. The average Bonchev–Trinajstić information content (AvgIpc) is 3.02. The summed E-state index contributed by atoms with van der Waals surface area (Å²) in [5.74, 6) is 0. The molecule has 0 bridgehead atoms. The molecule has 1 aliphatic heterocycles. The van der Waals surface area contributed by atoms with Crippen molar-refractivity contribution in [3.63, 3.8) is 0 Å². The lowest BCUT2D eigenvalue weighted by molar-refractivity contribution is 0.904. The molecule has 0 atom stereocenters. The number of rotatable bonds is 3. The van der Waals surface area contributed by atoms with E-state index in [0.29, 0.717) is 0 Å². The standard InChI is InChI=1S/C18H18N2/c1-3-8-15(9-4-1)18(14-17-12-7-13-19-17)20-16-10-5-2-6-11-16/h1-6,8-11,14,19H,7,12-13H2. The van der Waals surface area contributed by atoms with Crippen LogP contribution in [0.4, 0.5) is 5.69 Å². The highest BCUT2D eigenvalue weighted by Gasteiger charge is 2.08. The van der Waals surface area contributed by atoms with Crippen molar-refractivity contribution in [2.24, 2.45) is 4.99 Å². The lowest BCUT2D eigenvalue weighted by Crippen LogP contribution is -2.07. The molecule has 2 heteroatoms. The van der Waals surface area contributed by atoms with Gasteiger partial charge in [0.2, 0.25) is 0 Å². The first-order chi connectivity index (χ1) is 9.92. The lowest BCUT2D eigenvalue weighted by atomic mass is 10.1. The molecule has 0 amide bonds. The Balaban J connectivity index is 1.99. The van der Waals surface area contributed by atoms with E-state index < -0.39 is 0 Å². The van der Waals surface area contributed by atoms with Crippen molar-refractivity contribution in [3.8, 4) is 0 Å². The molecule has 0 spiro atoms. The molecule has 2 aromatic rings. The van der Waals surface area contributed by atoms with Gasteiger partial charge in [-0.3, -0.25) is 0 Å². The van der Waals surface area contributed by atoms with Gasteiger partial charge in [0.1, 0.15) is 0 Å². The Kier molecular flexibility index (Phi) is 3.93. The normalized spacial score (nSPS) is 17.2. The van der Waals surface area contributed by atoms with Crippen molar-refractivity contribution >= 4 is 11.4 Å². The van der Waals surface area contributed by atoms with Crippen molar-refractivity contribution in [1.29, 1.82) is 0 Å². The second kappa shape index (κ2) is 6.20. The average molecular weight is 262 g/mol. The molecule has 0 saturated carbocycles. The molecule has 2 nitrogen and oxygen atoms in total. The van der Waals surface area contributed by atoms with Crippen molar-refractivity contribution in [2.45, 2.75) is 12.8 Å². The van der Waals surface area contributed by atoms with E-state index in [1.54, 1.807) is 0 Å². The molecule has 1 aliphatic rings. The molecule has 20 heavy (non-hydrogen) atoms. The van der Waals surface area contributed by atoms with Crippen LogP contribution in [0.25, 0.3) is 0 Å². The summed E-state index contributed by atoms with van der Waals surface area (Å²) in [5.41, 5.74) is 4.43. The maximum atomic E-state index is 4.79. The maximum absolute atomic E-state index is 4.79. The summed E-state index contributed by atoms with van der Waals surface area (Å²) < 4.78 is 0. The molecule has 1 saturated heterocycles. The molecular weight excluding hydrogens is 244 g/mol. The molecule has 0 aliphatic carbocycles. The van der Waals surface area contributed by atoms with Gasteiger partial charge in [-0.2, -0.15) is 0 Å².